The van der Waals surface area contributed by atoms with Crippen LogP contribution in [0.3, 0.4) is 0 Å². The monoisotopic (exact) mass is 337 g/mol. The average molecular weight is 337 g/mol. The Morgan fingerprint density at radius 2 is 1.60 bits per heavy atom. The molecule has 1 unspecified atom stereocenters. The van der Waals surface area contributed by atoms with Crippen molar-refractivity contribution in [3.05, 3.63) is 83.9 Å². The topological polar surface area (TPSA) is 38.3 Å². The minimum atomic E-state index is -1.09. The second kappa shape index (κ2) is 7.66. The summed E-state index contributed by atoms with van der Waals surface area (Å²) in [7, 11) is 0. The van der Waals surface area contributed by atoms with Crippen molar-refractivity contribution in [2.24, 2.45) is 0 Å². The first-order valence-corrected chi connectivity index (χ1v) is 8.51. The van der Waals surface area contributed by atoms with Gasteiger partial charge in [0.2, 0.25) is 0 Å². The van der Waals surface area contributed by atoms with Crippen molar-refractivity contribution in [2.45, 2.75) is 38.8 Å². The molecule has 0 fully saturated rings. The van der Waals surface area contributed by atoms with Crippen LogP contribution in [0, 0.1) is 6.92 Å². The zero-order chi connectivity index (χ0) is 18.5. The summed E-state index contributed by atoms with van der Waals surface area (Å²) in [6, 6.07) is 17.6. The van der Waals surface area contributed by atoms with E-state index in [1.807, 2.05) is 82.3 Å². The van der Waals surface area contributed by atoms with Crippen molar-refractivity contribution in [3.63, 3.8) is 0 Å². The van der Waals surface area contributed by atoms with Crippen molar-refractivity contribution in [1.82, 2.24) is 5.32 Å². The van der Waals surface area contributed by atoms with Crippen LogP contribution in [0.25, 0.3) is 0 Å². The van der Waals surface area contributed by atoms with Crippen molar-refractivity contribution in [2.75, 3.05) is 6.54 Å². The standard InChI is InChI=1S/C22H27NO2/c1-6-16-23-22(18-10-8-7-9-11-18,20(24)25-21(3,4)5)19-14-12-17(2)13-15-19/h6-15,23H,1,16H2,2-5H3. The lowest BCUT2D eigenvalue weighted by molar-refractivity contribution is -0.161. The number of benzene rings is 2. The summed E-state index contributed by atoms with van der Waals surface area (Å²) in [6.07, 6.45) is 1.75. The van der Waals surface area contributed by atoms with Crippen LogP contribution in [0.5, 0.6) is 0 Å². The Morgan fingerprint density at radius 1 is 1.04 bits per heavy atom. The fourth-order valence-electron chi connectivity index (χ4n) is 2.75. The third-order valence-electron chi connectivity index (χ3n) is 3.91. The highest BCUT2D eigenvalue weighted by Gasteiger charge is 2.44. The molecule has 0 aliphatic heterocycles. The molecule has 0 aliphatic rings. The summed E-state index contributed by atoms with van der Waals surface area (Å²) in [4.78, 5) is 13.4. The van der Waals surface area contributed by atoms with Crippen LogP contribution in [0.2, 0.25) is 0 Å². The molecule has 132 valence electrons. The van der Waals surface area contributed by atoms with E-state index in [9.17, 15) is 4.79 Å². The Labute approximate surface area is 150 Å². The van der Waals surface area contributed by atoms with Crippen LogP contribution in [0.1, 0.15) is 37.5 Å². The number of ether oxygens (including phenoxy) is 1. The van der Waals surface area contributed by atoms with E-state index in [-0.39, 0.29) is 5.97 Å². The average Bonchev–Trinajstić information content (AvgIpc) is 2.56. The first-order valence-electron chi connectivity index (χ1n) is 8.51. The lowest BCUT2D eigenvalue weighted by Crippen LogP contribution is -2.52. The lowest BCUT2D eigenvalue weighted by atomic mass is 9.82. The minimum Gasteiger partial charge on any atom is -0.458 e. The molecule has 1 N–H and O–H groups in total. The van der Waals surface area contributed by atoms with E-state index in [2.05, 4.69) is 11.9 Å². The SMILES string of the molecule is C=CCNC(C(=O)OC(C)(C)C)(c1ccccc1)c1ccc(C)cc1. The molecule has 2 aromatic rings. The lowest BCUT2D eigenvalue weighted by Gasteiger charge is -2.36. The highest BCUT2D eigenvalue weighted by atomic mass is 16.6. The molecular formula is C22H27NO2. The number of esters is 1. The Bertz CT molecular complexity index is 714. The molecule has 0 amide bonds. The van der Waals surface area contributed by atoms with Crippen LogP contribution in [0.4, 0.5) is 0 Å². The number of rotatable bonds is 6. The van der Waals surface area contributed by atoms with Crippen LogP contribution in [-0.2, 0) is 15.1 Å². The van der Waals surface area contributed by atoms with Crippen LogP contribution < -0.4 is 5.32 Å². The first-order chi connectivity index (χ1) is 11.8. The normalized spacial score (nSPS) is 13.8. The zero-order valence-corrected chi connectivity index (χ0v) is 15.5. The number of carbonyl (C=O) groups excluding carboxylic acids is 1. The van der Waals surface area contributed by atoms with Gasteiger partial charge in [-0.05, 0) is 38.8 Å². The van der Waals surface area contributed by atoms with Crippen LogP contribution in [0.15, 0.2) is 67.3 Å². The van der Waals surface area contributed by atoms with Crippen molar-refractivity contribution >= 4 is 5.97 Å². The van der Waals surface area contributed by atoms with E-state index in [1.54, 1.807) is 6.08 Å². The molecule has 2 aromatic carbocycles. The van der Waals surface area contributed by atoms with Gasteiger partial charge in [0.1, 0.15) is 5.60 Å². The summed E-state index contributed by atoms with van der Waals surface area (Å²) in [6.45, 7) is 11.9. The molecule has 3 heteroatoms. The fourth-order valence-corrected chi connectivity index (χ4v) is 2.75. The van der Waals surface area contributed by atoms with E-state index in [0.29, 0.717) is 6.54 Å². The molecule has 1 atom stereocenters. The van der Waals surface area contributed by atoms with Gasteiger partial charge in [0.15, 0.2) is 5.54 Å². The smallest absolute Gasteiger partial charge is 0.336 e. The van der Waals surface area contributed by atoms with E-state index in [0.717, 1.165) is 16.7 Å². The largest absolute Gasteiger partial charge is 0.458 e. The maximum absolute atomic E-state index is 13.4. The van der Waals surface area contributed by atoms with Crippen LogP contribution in [-0.4, -0.2) is 18.1 Å². The van der Waals surface area contributed by atoms with E-state index >= 15 is 0 Å². The summed E-state index contributed by atoms with van der Waals surface area (Å²) >= 11 is 0. The van der Waals surface area contributed by atoms with Gasteiger partial charge in [-0.3, -0.25) is 5.32 Å². The Kier molecular flexibility index (Phi) is 5.81. The molecule has 25 heavy (non-hydrogen) atoms. The van der Waals surface area contributed by atoms with Gasteiger partial charge in [-0.15, -0.1) is 6.58 Å². The molecule has 0 aromatic heterocycles. The number of nitrogens with one attached hydrogen (secondary N) is 1. The molecule has 0 radical (unpaired) electrons. The summed E-state index contributed by atoms with van der Waals surface area (Å²) < 4.78 is 5.80. The predicted octanol–water partition coefficient (Wildman–Crippen LogP) is 4.36. The van der Waals surface area contributed by atoms with Gasteiger partial charge in [-0.25, -0.2) is 4.79 Å². The third-order valence-corrected chi connectivity index (χ3v) is 3.91. The third kappa shape index (κ3) is 4.37. The molecular weight excluding hydrogens is 310 g/mol. The zero-order valence-electron chi connectivity index (χ0n) is 15.5. The van der Waals surface area contributed by atoms with Gasteiger partial charge in [-0.2, -0.15) is 0 Å². The molecule has 0 bridgehead atoms. The predicted molar refractivity (Wildman–Crippen MR) is 102 cm³/mol. The van der Waals surface area contributed by atoms with Gasteiger partial charge in [0.25, 0.3) is 0 Å². The van der Waals surface area contributed by atoms with Gasteiger partial charge >= 0.3 is 5.97 Å². The Balaban J connectivity index is 2.66. The molecule has 0 aliphatic carbocycles. The maximum Gasteiger partial charge on any atom is 0.336 e. The summed E-state index contributed by atoms with van der Waals surface area (Å²) in [5, 5.41) is 3.36. The summed E-state index contributed by atoms with van der Waals surface area (Å²) in [5.41, 5.74) is 1.16. The van der Waals surface area contributed by atoms with Crippen molar-refractivity contribution in [1.29, 1.82) is 0 Å². The van der Waals surface area contributed by atoms with Gasteiger partial charge in [0, 0.05) is 6.54 Å². The van der Waals surface area contributed by atoms with E-state index in [4.69, 9.17) is 4.74 Å². The molecule has 2 rings (SSSR count). The van der Waals surface area contributed by atoms with Crippen LogP contribution >= 0.6 is 0 Å². The first kappa shape index (κ1) is 18.9. The fraction of sp³-hybridized carbons (Fsp3) is 0.318. The second-order valence-corrected chi connectivity index (χ2v) is 7.15. The quantitative estimate of drug-likeness (QED) is 0.629. The number of carbonyl (C=O) groups is 1. The molecule has 3 nitrogen and oxygen atoms in total. The summed E-state index contributed by atoms with van der Waals surface area (Å²) in [5.74, 6) is -0.322. The number of aryl methyl sites for hydroxylation is 1. The van der Waals surface area contributed by atoms with Crippen molar-refractivity contribution < 1.29 is 9.53 Å². The molecule has 0 spiro atoms. The minimum absolute atomic E-state index is 0.322. The highest BCUT2D eigenvalue weighted by Crippen LogP contribution is 2.33. The van der Waals surface area contributed by atoms with Gasteiger partial charge < -0.3 is 4.74 Å². The Morgan fingerprint density at radius 3 is 2.12 bits per heavy atom. The van der Waals surface area contributed by atoms with Gasteiger partial charge in [-0.1, -0.05) is 66.2 Å². The number of hydrogen-bond donors (Lipinski definition) is 1. The molecule has 0 saturated heterocycles. The van der Waals surface area contributed by atoms with Gasteiger partial charge in [0.05, 0.1) is 0 Å². The maximum atomic E-state index is 13.4. The number of hydrogen-bond acceptors (Lipinski definition) is 3. The molecule has 0 saturated carbocycles. The second-order valence-electron chi connectivity index (χ2n) is 7.15. The molecule has 0 heterocycles. The Hall–Kier alpha value is -2.39. The van der Waals surface area contributed by atoms with E-state index < -0.39 is 11.1 Å². The van der Waals surface area contributed by atoms with E-state index in [1.165, 1.54) is 0 Å². The highest BCUT2D eigenvalue weighted by molar-refractivity contribution is 5.87. The van der Waals surface area contributed by atoms with Crippen molar-refractivity contribution in [3.8, 4) is 0 Å².